The van der Waals surface area contributed by atoms with Gasteiger partial charge in [0.25, 0.3) is 5.90 Å². The first-order chi connectivity index (χ1) is 16.0. The fourth-order valence-electron chi connectivity index (χ4n) is 3.51. The fourth-order valence-corrected chi connectivity index (χ4v) is 5.33. The molecule has 4 aromatic rings. The molecule has 5 rings (SSSR count). The van der Waals surface area contributed by atoms with Gasteiger partial charge in [0.05, 0.1) is 5.02 Å². The van der Waals surface area contributed by atoms with E-state index < -0.39 is 6.23 Å². The molecule has 0 saturated heterocycles. The molecular weight excluding hydrogens is 476 g/mol. The SMILES string of the molecule is CSc1ccc(C2OC(c3sc4ccc(Oc5ccccc5)cc4c3Cl)=NN2C(C)=O)cc1. The van der Waals surface area contributed by atoms with Gasteiger partial charge < -0.3 is 9.47 Å². The van der Waals surface area contributed by atoms with E-state index in [4.69, 9.17) is 21.1 Å². The number of hydrogen-bond acceptors (Lipinski definition) is 6. The molecule has 1 aliphatic rings. The third-order valence-corrected chi connectivity index (χ3v) is 7.55. The lowest BCUT2D eigenvalue weighted by molar-refractivity contribution is -0.135. The van der Waals surface area contributed by atoms with E-state index in [2.05, 4.69) is 5.10 Å². The Morgan fingerprint density at radius 2 is 1.85 bits per heavy atom. The second kappa shape index (κ2) is 9.09. The summed E-state index contributed by atoms with van der Waals surface area (Å²) in [6, 6.07) is 23.2. The molecule has 0 radical (unpaired) electrons. The highest BCUT2D eigenvalue weighted by Gasteiger charge is 2.35. The quantitative estimate of drug-likeness (QED) is 0.273. The topological polar surface area (TPSA) is 51.1 Å². The van der Waals surface area contributed by atoms with Crippen LogP contribution in [0.4, 0.5) is 0 Å². The van der Waals surface area contributed by atoms with Crippen molar-refractivity contribution in [2.24, 2.45) is 5.10 Å². The smallest absolute Gasteiger partial charge is 0.252 e. The van der Waals surface area contributed by atoms with Crippen molar-refractivity contribution in [3.63, 3.8) is 0 Å². The zero-order valence-electron chi connectivity index (χ0n) is 17.8. The van der Waals surface area contributed by atoms with Gasteiger partial charge in [0.1, 0.15) is 16.4 Å². The number of fused-ring (bicyclic) bond motifs is 1. The van der Waals surface area contributed by atoms with Gasteiger partial charge in [-0.05, 0) is 48.7 Å². The van der Waals surface area contributed by atoms with Crippen molar-refractivity contribution in [1.29, 1.82) is 0 Å². The van der Waals surface area contributed by atoms with Gasteiger partial charge in [0.15, 0.2) is 0 Å². The summed E-state index contributed by atoms with van der Waals surface area (Å²) in [5.41, 5.74) is 0.845. The van der Waals surface area contributed by atoms with Crippen LogP contribution in [0.5, 0.6) is 11.5 Å². The Hall–Kier alpha value is -3.00. The Kier molecular flexibility index (Phi) is 6.01. The average molecular weight is 495 g/mol. The Morgan fingerprint density at radius 3 is 2.55 bits per heavy atom. The standard InChI is InChI=1S/C25H19ClN2O3S2/c1-15(29)28-25(16-8-11-19(32-2)12-9-16)31-24(27-28)23-22(26)20-14-18(10-13-21(20)33-23)30-17-6-4-3-5-7-17/h3-14,25H,1-2H3. The summed E-state index contributed by atoms with van der Waals surface area (Å²) >= 11 is 9.88. The molecule has 1 unspecified atom stereocenters. The van der Waals surface area contributed by atoms with Crippen molar-refractivity contribution in [1.82, 2.24) is 5.01 Å². The molecule has 0 saturated carbocycles. The molecule has 166 valence electrons. The molecule has 0 spiro atoms. The van der Waals surface area contributed by atoms with E-state index >= 15 is 0 Å². The van der Waals surface area contributed by atoms with E-state index in [9.17, 15) is 4.79 Å². The lowest BCUT2D eigenvalue weighted by Crippen LogP contribution is -2.25. The van der Waals surface area contributed by atoms with Crippen LogP contribution in [0.15, 0.2) is 82.8 Å². The maximum Gasteiger partial charge on any atom is 0.252 e. The predicted molar refractivity (Wildman–Crippen MR) is 134 cm³/mol. The third-order valence-electron chi connectivity index (χ3n) is 5.14. The van der Waals surface area contributed by atoms with Gasteiger partial charge in [-0.25, -0.2) is 0 Å². The van der Waals surface area contributed by atoms with E-state index in [1.807, 2.05) is 79.1 Å². The van der Waals surface area contributed by atoms with Crippen LogP contribution in [-0.4, -0.2) is 23.1 Å². The molecule has 2 heterocycles. The van der Waals surface area contributed by atoms with Crippen molar-refractivity contribution in [2.75, 3.05) is 6.26 Å². The summed E-state index contributed by atoms with van der Waals surface area (Å²) in [5.74, 6) is 1.56. The number of halogens is 1. The van der Waals surface area contributed by atoms with E-state index in [0.717, 1.165) is 26.3 Å². The van der Waals surface area contributed by atoms with Gasteiger partial charge in [-0.2, -0.15) is 5.01 Å². The Balaban J connectivity index is 1.47. The molecule has 33 heavy (non-hydrogen) atoms. The number of carbonyl (C=O) groups excluding carboxylic acids is 1. The monoisotopic (exact) mass is 494 g/mol. The molecule has 0 bridgehead atoms. The van der Waals surface area contributed by atoms with Crippen molar-refractivity contribution in [3.05, 3.63) is 88.3 Å². The zero-order chi connectivity index (χ0) is 22.9. The minimum Gasteiger partial charge on any atom is -0.457 e. The first-order valence-electron chi connectivity index (χ1n) is 10.2. The fraction of sp³-hybridized carbons (Fsp3) is 0.120. The molecule has 1 aliphatic heterocycles. The molecular formula is C25H19ClN2O3S2. The summed E-state index contributed by atoms with van der Waals surface area (Å²) in [4.78, 5) is 14.1. The molecule has 8 heteroatoms. The minimum atomic E-state index is -0.633. The zero-order valence-corrected chi connectivity index (χ0v) is 20.2. The number of ether oxygens (including phenoxy) is 2. The summed E-state index contributed by atoms with van der Waals surface area (Å²) < 4.78 is 13.1. The van der Waals surface area contributed by atoms with Gasteiger partial charge in [0.2, 0.25) is 12.1 Å². The Labute approximate surface area is 204 Å². The van der Waals surface area contributed by atoms with Crippen LogP contribution in [0.1, 0.15) is 23.6 Å². The van der Waals surface area contributed by atoms with Crippen LogP contribution < -0.4 is 4.74 Å². The first kappa shape index (κ1) is 21.8. The Morgan fingerprint density at radius 1 is 1.09 bits per heavy atom. The van der Waals surface area contributed by atoms with Crippen LogP contribution in [0, 0.1) is 0 Å². The maximum atomic E-state index is 12.3. The van der Waals surface area contributed by atoms with Crippen molar-refractivity contribution < 1.29 is 14.3 Å². The van der Waals surface area contributed by atoms with E-state index in [-0.39, 0.29) is 5.91 Å². The lowest BCUT2D eigenvalue weighted by Gasteiger charge is -2.19. The minimum absolute atomic E-state index is 0.209. The second-order valence-electron chi connectivity index (χ2n) is 7.33. The molecule has 0 fully saturated rings. The molecule has 5 nitrogen and oxygen atoms in total. The maximum absolute atomic E-state index is 12.3. The second-order valence-corrected chi connectivity index (χ2v) is 9.64. The largest absolute Gasteiger partial charge is 0.457 e. The molecule has 1 amide bonds. The van der Waals surface area contributed by atoms with Gasteiger partial charge in [-0.1, -0.05) is 41.9 Å². The van der Waals surface area contributed by atoms with Gasteiger partial charge in [0, 0.05) is 27.5 Å². The summed E-state index contributed by atoms with van der Waals surface area (Å²) in [7, 11) is 0. The van der Waals surface area contributed by atoms with E-state index in [1.165, 1.54) is 23.3 Å². The van der Waals surface area contributed by atoms with Crippen LogP contribution in [-0.2, 0) is 9.53 Å². The number of thiophene rings is 1. The highest BCUT2D eigenvalue weighted by molar-refractivity contribution is 7.98. The average Bonchev–Trinajstić information content (AvgIpc) is 3.42. The van der Waals surface area contributed by atoms with Gasteiger partial charge in [-0.3, -0.25) is 4.79 Å². The number of nitrogens with zero attached hydrogens (tertiary/aromatic N) is 2. The molecule has 3 aromatic carbocycles. The summed E-state index contributed by atoms with van der Waals surface area (Å²) in [6.07, 6.45) is 1.39. The predicted octanol–water partition coefficient (Wildman–Crippen LogP) is 7.31. The number of hydrazone groups is 1. The number of benzene rings is 3. The van der Waals surface area contributed by atoms with Gasteiger partial charge in [-0.15, -0.1) is 28.2 Å². The third kappa shape index (κ3) is 4.31. The summed E-state index contributed by atoms with van der Waals surface area (Å²) in [5, 5.41) is 7.20. The van der Waals surface area contributed by atoms with Crippen LogP contribution >= 0.6 is 34.7 Å². The van der Waals surface area contributed by atoms with Crippen molar-refractivity contribution in [2.45, 2.75) is 18.0 Å². The Bertz CT molecular complexity index is 1350. The number of thioether (sulfide) groups is 1. The summed E-state index contributed by atoms with van der Waals surface area (Å²) in [6.45, 7) is 1.47. The highest BCUT2D eigenvalue weighted by Crippen LogP contribution is 2.41. The van der Waals surface area contributed by atoms with E-state index in [1.54, 1.807) is 11.8 Å². The number of carbonyl (C=O) groups is 1. The normalized spacial score (nSPS) is 15.4. The molecule has 1 atom stereocenters. The van der Waals surface area contributed by atoms with Crippen LogP contribution in [0.25, 0.3) is 10.1 Å². The van der Waals surface area contributed by atoms with Crippen LogP contribution in [0.3, 0.4) is 0 Å². The van der Waals surface area contributed by atoms with E-state index in [0.29, 0.717) is 21.5 Å². The number of amides is 1. The number of hydrogen-bond donors (Lipinski definition) is 0. The lowest BCUT2D eigenvalue weighted by atomic mass is 10.2. The number of para-hydroxylation sites is 1. The first-order valence-corrected chi connectivity index (χ1v) is 12.6. The molecule has 1 aromatic heterocycles. The molecule has 0 N–H and O–H groups in total. The number of rotatable bonds is 5. The van der Waals surface area contributed by atoms with Gasteiger partial charge >= 0.3 is 0 Å². The van der Waals surface area contributed by atoms with Crippen molar-refractivity contribution in [3.8, 4) is 11.5 Å². The van der Waals surface area contributed by atoms with Crippen molar-refractivity contribution >= 4 is 56.6 Å². The molecule has 0 aliphatic carbocycles. The highest BCUT2D eigenvalue weighted by atomic mass is 35.5. The van der Waals surface area contributed by atoms with Crippen LogP contribution in [0.2, 0.25) is 5.02 Å².